The molecule has 0 aliphatic rings. The van der Waals surface area contributed by atoms with Crippen molar-refractivity contribution < 1.29 is 9.52 Å². The van der Waals surface area contributed by atoms with Crippen LogP contribution in [0.3, 0.4) is 0 Å². The van der Waals surface area contributed by atoms with Crippen LogP contribution >= 0.6 is 0 Å². The van der Waals surface area contributed by atoms with Crippen molar-refractivity contribution in [3.8, 4) is 5.75 Å². The number of nitrogens with zero attached hydrogens (tertiary/aromatic N) is 1. The second-order valence-electron chi connectivity index (χ2n) is 4.05. The molecule has 1 N–H and O–H groups in total. The summed E-state index contributed by atoms with van der Waals surface area (Å²) < 4.78 is 6.83. The van der Waals surface area contributed by atoms with Crippen LogP contribution < -0.4 is 5.56 Å². The number of aromatic hydroxyl groups is 1. The van der Waals surface area contributed by atoms with Crippen molar-refractivity contribution in [3.63, 3.8) is 0 Å². The fraction of sp³-hybridized carbons (Fsp3) is 0.0714. The standard InChI is InChI=1S/C14H11NO3/c16-13-8-14(17)15(9-10-4-3-7-18-10)12-6-2-1-5-11(12)13/h1-8,16H,9H2. The van der Waals surface area contributed by atoms with E-state index < -0.39 is 0 Å². The molecule has 0 aliphatic carbocycles. The van der Waals surface area contributed by atoms with Crippen LogP contribution in [0, 0.1) is 0 Å². The highest BCUT2D eigenvalue weighted by Crippen LogP contribution is 2.22. The fourth-order valence-corrected chi connectivity index (χ4v) is 2.04. The van der Waals surface area contributed by atoms with E-state index in [4.69, 9.17) is 4.42 Å². The highest BCUT2D eigenvalue weighted by molar-refractivity contribution is 5.84. The van der Waals surface area contributed by atoms with Gasteiger partial charge in [0.2, 0.25) is 0 Å². The molecule has 0 amide bonds. The summed E-state index contributed by atoms with van der Waals surface area (Å²) in [6.45, 7) is 0.354. The van der Waals surface area contributed by atoms with Gasteiger partial charge in [0.25, 0.3) is 5.56 Å². The zero-order chi connectivity index (χ0) is 12.5. The minimum Gasteiger partial charge on any atom is -0.507 e. The first-order valence-corrected chi connectivity index (χ1v) is 5.59. The summed E-state index contributed by atoms with van der Waals surface area (Å²) in [5.74, 6) is 0.708. The molecular formula is C14H11NO3. The van der Waals surface area contributed by atoms with Crippen molar-refractivity contribution in [1.29, 1.82) is 0 Å². The number of rotatable bonds is 2. The summed E-state index contributed by atoms with van der Waals surface area (Å²) in [5, 5.41) is 10.4. The Labute approximate surface area is 103 Å². The Balaban J connectivity index is 2.25. The maximum Gasteiger partial charge on any atom is 0.255 e. The number of fused-ring (bicyclic) bond motifs is 1. The van der Waals surface area contributed by atoms with Gasteiger partial charge in [-0.25, -0.2) is 0 Å². The van der Waals surface area contributed by atoms with E-state index in [0.29, 0.717) is 23.2 Å². The smallest absolute Gasteiger partial charge is 0.255 e. The van der Waals surface area contributed by atoms with Crippen LogP contribution in [-0.2, 0) is 6.54 Å². The molecule has 90 valence electrons. The number of furan rings is 1. The zero-order valence-corrected chi connectivity index (χ0v) is 9.54. The SMILES string of the molecule is O=c1cc(O)c2ccccc2n1Cc1ccco1. The molecule has 4 heteroatoms. The third kappa shape index (κ3) is 1.68. The van der Waals surface area contributed by atoms with Gasteiger partial charge in [0, 0.05) is 11.5 Å². The molecule has 18 heavy (non-hydrogen) atoms. The number of hydrogen-bond acceptors (Lipinski definition) is 3. The van der Waals surface area contributed by atoms with E-state index in [1.165, 1.54) is 6.07 Å². The molecule has 0 fully saturated rings. The Morgan fingerprint density at radius 1 is 1.17 bits per heavy atom. The van der Waals surface area contributed by atoms with Gasteiger partial charge in [-0.15, -0.1) is 0 Å². The summed E-state index contributed by atoms with van der Waals surface area (Å²) >= 11 is 0. The van der Waals surface area contributed by atoms with Gasteiger partial charge in [0.05, 0.1) is 18.3 Å². The number of benzene rings is 1. The summed E-state index contributed by atoms with van der Waals surface area (Å²) in [6.07, 6.45) is 1.57. The maximum absolute atomic E-state index is 11.9. The number of aromatic nitrogens is 1. The topological polar surface area (TPSA) is 55.4 Å². The van der Waals surface area contributed by atoms with Crippen LogP contribution in [0.1, 0.15) is 5.76 Å². The van der Waals surface area contributed by atoms with Gasteiger partial charge in [0.15, 0.2) is 0 Å². The molecule has 0 radical (unpaired) electrons. The third-order valence-corrected chi connectivity index (χ3v) is 2.89. The number of pyridine rings is 1. The first kappa shape index (κ1) is 10.7. The average molecular weight is 241 g/mol. The molecule has 1 aromatic carbocycles. The van der Waals surface area contributed by atoms with Crippen LogP contribution in [0.5, 0.6) is 5.75 Å². The lowest BCUT2D eigenvalue weighted by Gasteiger charge is -2.09. The highest BCUT2D eigenvalue weighted by Gasteiger charge is 2.08. The fourth-order valence-electron chi connectivity index (χ4n) is 2.04. The predicted octanol–water partition coefficient (Wildman–Crippen LogP) is 2.35. The van der Waals surface area contributed by atoms with Crippen LogP contribution in [0.2, 0.25) is 0 Å². The van der Waals surface area contributed by atoms with Crippen LogP contribution in [-0.4, -0.2) is 9.67 Å². The highest BCUT2D eigenvalue weighted by atomic mass is 16.3. The molecule has 0 spiro atoms. The summed E-state index contributed by atoms with van der Waals surface area (Å²) in [7, 11) is 0. The van der Waals surface area contributed by atoms with E-state index in [0.717, 1.165) is 0 Å². The Hall–Kier alpha value is -2.49. The summed E-state index contributed by atoms with van der Waals surface area (Å²) in [6, 6.07) is 12.1. The summed E-state index contributed by atoms with van der Waals surface area (Å²) in [5.41, 5.74) is 0.446. The molecule has 0 aliphatic heterocycles. The molecule has 0 saturated carbocycles. The van der Waals surface area contributed by atoms with Gasteiger partial charge in [-0.2, -0.15) is 0 Å². The molecule has 0 bridgehead atoms. The van der Waals surface area contributed by atoms with E-state index in [9.17, 15) is 9.90 Å². The van der Waals surface area contributed by atoms with Gasteiger partial charge >= 0.3 is 0 Å². The minimum atomic E-state index is -0.248. The molecule has 4 nitrogen and oxygen atoms in total. The van der Waals surface area contributed by atoms with Crippen molar-refractivity contribution in [2.45, 2.75) is 6.54 Å². The van der Waals surface area contributed by atoms with Crippen molar-refractivity contribution >= 4 is 10.9 Å². The molecule has 0 saturated heterocycles. The van der Waals surface area contributed by atoms with Crippen LogP contribution in [0.15, 0.2) is 57.9 Å². The maximum atomic E-state index is 11.9. The van der Waals surface area contributed by atoms with Gasteiger partial charge in [-0.3, -0.25) is 4.79 Å². The van der Waals surface area contributed by atoms with Gasteiger partial charge in [-0.05, 0) is 24.3 Å². The first-order chi connectivity index (χ1) is 8.75. The molecule has 3 rings (SSSR count). The average Bonchev–Trinajstić information content (AvgIpc) is 2.87. The Morgan fingerprint density at radius 2 is 2.00 bits per heavy atom. The molecular weight excluding hydrogens is 230 g/mol. The largest absolute Gasteiger partial charge is 0.507 e. The monoisotopic (exact) mass is 241 g/mol. The number of hydrogen-bond donors (Lipinski definition) is 1. The second kappa shape index (κ2) is 4.07. The van der Waals surface area contributed by atoms with Gasteiger partial charge < -0.3 is 14.1 Å². The minimum absolute atomic E-state index is 0.00583. The summed E-state index contributed by atoms with van der Waals surface area (Å²) in [4.78, 5) is 11.9. The van der Waals surface area contributed by atoms with Crippen molar-refractivity contribution in [2.24, 2.45) is 0 Å². The quantitative estimate of drug-likeness (QED) is 0.749. The normalized spacial score (nSPS) is 10.9. The Bertz CT molecular complexity index is 741. The van der Waals surface area contributed by atoms with E-state index in [1.54, 1.807) is 29.0 Å². The third-order valence-electron chi connectivity index (χ3n) is 2.89. The second-order valence-corrected chi connectivity index (χ2v) is 4.05. The molecule has 0 unspecified atom stereocenters. The van der Waals surface area contributed by atoms with E-state index >= 15 is 0 Å². The molecule has 2 heterocycles. The predicted molar refractivity (Wildman–Crippen MR) is 67.7 cm³/mol. The van der Waals surface area contributed by atoms with Crippen LogP contribution in [0.25, 0.3) is 10.9 Å². The zero-order valence-electron chi connectivity index (χ0n) is 9.54. The first-order valence-electron chi connectivity index (χ1n) is 5.59. The van der Waals surface area contributed by atoms with E-state index in [-0.39, 0.29) is 11.3 Å². The number of para-hydroxylation sites is 1. The Morgan fingerprint density at radius 3 is 2.78 bits per heavy atom. The lowest BCUT2D eigenvalue weighted by molar-refractivity contribution is 0.474. The van der Waals surface area contributed by atoms with Crippen molar-refractivity contribution in [1.82, 2.24) is 4.57 Å². The molecule has 0 atom stereocenters. The lowest BCUT2D eigenvalue weighted by Crippen LogP contribution is -2.19. The van der Waals surface area contributed by atoms with Gasteiger partial charge in [-0.1, -0.05) is 12.1 Å². The molecule has 3 aromatic rings. The van der Waals surface area contributed by atoms with E-state index in [1.807, 2.05) is 18.2 Å². The van der Waals surface area contributed by atoms with E-state index in [2.05, 4.69) is 0 Å². The molecule has 2 aromatic heterocycles. The Kier molecular flexibility index (Phi) is 2.41. The van der Waals surface area contributed by atoms with Gasteiger partial charge in [0.1, 0.15) is 11.5 Å². The van der Waals surface area contributed by atoms with Crippen molar-refractivity contribution in [2.75, 3.05) is 0 Å². The van der Waals surface area contributed by atoms with Crippen molar-refractivity contribution in [3.05, 3.63) is 64.8 Å². The lowest BCUT2D eigenvalue weighted by atomic mass is 10.2. The van der Waals surface area contributed by atoms with Crippen LogP contribution in [0.4, 0.5) is 0 Å².